The third-order valence-corrected chi connectivity index (χ3v) is 5.06. The smallest absolute Gasteiger partial charge is 0.255 e. The van der Waals surface area contributed by atoms with Gasteiger partial charge < -0.3 is 14.9 Å². The fourth-order valence-electron chi connectivity index (χ4n) is 3.52. The number of amides is 1. The second kappa shape index (κ2) is 7.17. The molecule has 2 aromatic heterocycles. The van der Waals surface area contributed by atoms with Gasteiger partial charge in [-0.2, -0.15) is 0 Å². The number of para-hydroxylation sites is 1. The highest BCUT2D eigenvalue weighted by atomic mass is 16.2. The van der Waals surface area contributed by atoms with Gasteiger partial charge in [-0.3, -0.25) is 14.5 Å². The molecule has 4 rings (SSSR count). The zero-order valence-electron chi connectivity index (χ0n) is 14.6. The molecule has 0 bridgehead atoms. The summed E-state index contributed by atoms with van der Waals surface area (Å²) in [5, 5.41) is 1.29. The Balaban J connectivity index is 1.31. The van der Waals surface area contributed by atoms with Gasteiger partial charge in [0, 0.05) is 62.1 Å². The van der Waals surface area contributed by atoms with E-state index in [0.29, 0.717) is 18.7 Å². The monoisotopic (exact) mass is 350 g/mol. The number of hydrogen-bond donors (Lipinski definition) is 2. The Labute approximate surface area is 151 Å². The summed E-state index contributed by atoms with van der Waals surface area (Å²) in [5.74, 6) is -0.0162. The zero-order valence-corrected chi connectivity index (χ0v) is 14.6. The van der Waals surface area contributed by atoms with E-state index < -0.39 is 0 Å². The highest BCUT2D eigenvalue weighted by Gasteiger charge is 2.22. The van der Waals surface area contributed by atoms with Crippen LogP contribution in [0.5, 0.6) is 0 Å². The Morgan fingerprint density at radius 3 is 2.54 bits per heavy atom. The number of benzene rings is 1. The summed E-state index contributed by atoms with van der Waals surface area (Å²) in [5.41, 5.74) is 2.87. The predicted octanol–water partition coefficient (Wildman–Crippen LogP) is 1.86. The molecule has 1 aromatic carbocycles. The van der Waals surface area contributed by atoms with E-state index in [9.17, 15) is 9.59 Å². The van der Waals surface area contributed by atoms with Crippen LogP contribution in [-0.2, 0) is 6.42 Å². The van der Waals surface area contributed by atoms with E-state index in [0.717, 1.165) is 26.1 Å². The predicted molar refractivity (Wildman–Crippen MR) is 101 cm³/mol. The van der Waals surface area contributed by atoms with Crippen molar-refractivity contribution in [1.82, 2.24) is 19.8 Å². The molecular weight excluding hydrogens is 328 g/mol. The van der Waals surface area contributed by atoms with Crippen molar-refractivity contribution in [2.45, 2.75) is 6.42 Å². The molecule has 6 heteroatoms. The van der Waals surface area contributed by atoms with E-state index in [1.165, 1.54) is 28.7 Å². The van der Waals surface area contributed by atoms with Gasteiger partial charge in [0.05, 0.1) is 5.56 Å². The summed E-state index contributed by atoms with van der Waals surface area (Å²) in [6, 6.07) is 11.3. The van der Waals surface area contributed by atoms with E-state index in [1.807, 2.05) is 11.0 Å². The number of nitrogens with one attached hydrogen (secondary N) is 2. The first-order valence-corrected chi connectivity index (χ1v) is 8.96. The van der Waals surface area contributed by atoms with Crippen LogP contribution in [0.2, 0.25) is 0 Å². The SMILES string of the molecule is O=C(c1ccc(=O)[nH]c1)N1CCN(CCc2c[nH]c3ccccc23)CC1. The molecule has 6 nitrogen and oxygen atoms in total. The molecule has 3 heterocycles. The second-order valence-electron chi connectivity index (χ2n) is 6.68. The lowest BCUT2D eigenvalue weighted by molar-refractivity contribution is 0.0638. The zero-order chi connectivity index (χ0) is 17.9. The van der Waals surface area contributed by atoms with Crippen LogP contribution >= 0.6 is 0 Å². The number of piperazine rings is 1. The van der Waals surface area contributed by atoms with Crippen LogP contribution in [0, 0.1) is 0 Å². The molecule has 0 aliphatic carbocycles. The third-order valence-electron chi connectivity index (χ3n) is 5.06. The maximum atomic E-state index is 12.5. The van der Waals surface area contributed by atoms with Crippen molar-refractivity contribution in [1.29, 1.82) is 0 Å². The van der Waals surface area contributed by atoms with Crippen molar-refractivity contribution < 1.29 is 4.79 Å². The molecule has 2 N–H and O–H groups in total. The van der Waals surface area contributed by atoms with Gasteiger partial charge in [0.2, 0.25) is 5.56 Å². The minimum absolute atomic E-state index is 0.0162. The summed E-state index contributed by atoms with van der Waals surface area (Å²) in [6.07, 6.45) is 4.59. The molecule has 0 saturated carbocycles. The number of rotatable bonds is 4. The second-order valence-corrected chi connectivity index (χ2v) is 6.68. The van der Waals surface area contributed by atoms with Crippen LogP contribution in [0.1, 0.15) is 15.9 Å². The number of carbonyl (C=O) groups excluding carboxylic acids is 1. The van der Waals surface area contributed by atoms with Gasteiger partial charge >= 0.3 is 0 Å². The van der Waals surface area contributed by atoms with Crippen molar-refractivity contribution in [3.63, 3.8) is 0 Å². The number of fused-ring (bicyclic) bond motifs is 1. The lowest BCUT2D eigenvalue weighted by atomic mass is 10.1. The first kappa shape index (κ1) is 16.6. The Morgan fingerprint density at radius 1 is 0.962 bits per heavy atom. The molecule has 1 amide bonds. The largest absolute Gasteiger partial charge is 0.361 e. The summed E-state index contributed by atoms with van der Waals surface area (Å²) in [4.78, 5) is 33.8. The van der Waals surface area contributed by atoms with Crippen LogP contribution in [0.15, 0.2) is 53.6 Å². The third kappa shape index (κ3) is 3.41. The van der Waals surface area contributed by atoms with Gasteiger partial charge in [-0.25, -0.2) is 0 Å². The van der Waals surface area contributed by atoms with Crippen molar-refractivity contribution in [2.24, 2.45) is 0 Å². The number of aromatic nitrogens is 2. The van der Waals surface area contributed by atoms with Gasteiger partial charge in [-0.1, -0.05) is 18.2 Å². The maximum Gasteiger partial charge on any atom is 0.255 e. The van der Waals surface area contributed by atoms with Crippen molar-refractivity contribution in [2.75, 3.05) is 32.7 Å². The molecule has 1 saturated heterocycles. The van der Waals surface area contributed by atoms with Gasteiger partial charge in [0.15, 0.2) is 0 Å². The summed E-state index contributed by atoms with van der Waals surface area (Å²) in [7, 11) is 0. The van der Waals surface area contributed by atoms with Crippen LogP contribution in [0.25, 0.3) is 10.9 Å². The standard InChI is InChI=1S/C20H22N4O2/c25-19-6-5-16(14-22-19)20(26)24-11-9-23(10-12-24)8-7-15-13-21-18-4-2-1-3-17(15)18/h1-6,13-14,21H,7-12H2,(H,22,25). The number of aromatic amines is 2. The number of carbonyl (C=O) groups is 1. The lowest BCUT2D eigenvalue weighted by Gasteiger charge is -2.34. The van der Waals surface area contributed by atoms with Gasteiger partial charge in [-0.05, 0) is 24.1 Å². The minimum atomic E-state index is -0.191. The molecule has 1 fully saturated rings. The fourth-order valence-corrected chi connectivity index (χ4v) is 3.52. The number of pyridine rings is 1. The van der Waals surface area contributed by atoms with E-state index in [2.05, 4.69) is 39.3 Å². The summed E-state index contributed by atoms with van der Waals surface area (Å²) >= 11 is 0. The molecule has 1 aliphatic rings. The van der Waals surface area contributed by atoms with Gasteiger partial charge in [-0.15, -0.1) is 0 Å². The number of H-pyrrole nitrogens is 2. The Kier molecular flexibility index (Phi) is 4.58. The molecule has 0 radical (unpaired) electrons. The lowest BCUT2D eigenvalue weighted by Crippen LogP contribution is -2.49. The highest BCUT2D eigenvalue weighted by Crippen LogP contribution is 2.18. The number of hydrogen-bond acceptors (Lipinski definition) is 3. The molecule has 26 heavy (non-hydrogen) atoms. The molecule has 3 aromatic rings. The van der Waals surface area contributed by atoms with E-state index in [-0.39, 0.29) is 11.5 Å². The fraction of sp³-hybridized carbons (Fsp3) is 0.300. The molecule has 0 unspecified atom stereocenters. The average Bonchev–Trinajstić information content (AvgIpc) is 3.10. The topological polar surface area (TPSA) is 72.2 Å². The van der Waals surface area contributed by atoms with Crippen molar-refractivity contribution in [3.8, 4) is 0 Å². The van der Waals surface area contributed by atoms with Gasteiger partial charge in [0.25, 0.3) is 5.91 Å². The maximum absolute atomic E-state index is 12.5. The van der Waals surface area contributed by atoms with Crippen LogP contribution in [0.4, 0.5) is 0 Å². The van der Waals surface area contributed by atoms with E-state index in [4.69, 9.17) is 0 Å². The molecule has 1 aliphatic heterocycles. The Bertz CT molecular complexity index is 947. The quantitative estimate of drug-likeness (QED) is 0.754. The molecule has 0 spiro atoms. The van der Waals surface area contributed by atoms with Crippen molar-refractivity contribution >= 4 is 16.8 Å². The highest BCUT2D eigenvalue weighted by molar-refractivity contribution is 5.93. The molecular formula is C20H22N4O2. The average molecular weight is 350 g/mol. The number of nitrogens with zero attached hydrogens (tertiary/aromatic N) is 2. The van der Waals surface area contributed by atoms with Crippen LogP contribution in [-0.4, -0.2) is 58.4 Å². The van der Waals surface area contributed by atoms with Crippen LogP contribution in [0.3, 0.4) is 0 Å². The van der Waals surface area contributed by atoms with Crippen molar-refractivity contribution in [3.05, 3.63) is 70.3 Å². The Morgan fingerprint density at radius 2 is 1.77 bits per heavy atom. The van der Waals surface area contributed by atoms with E-state index in [1.54, 1.807) is 6.07 Å². The normalized spacial score (nSPS) is 15.5. The summed E-state index contributed by atoms with van der Waals surface area (Å²) < 4.78 is 0. The molecule has 0 atom stereocenters. The van der Waals surface area contributed by atoms with Crippen LogP contribution < -0.4 is 5.56 Å². The first-order chi connectivity index (χ1) is 12.7. The van der Waals surface area contributed by atoms with E-state index >= 15 is 0 Å². The summed E-state index contributed by atoms with van der Waals surface area (Å²) in [6.45, 7) is 4.16. The van der Waals surface area contributed by atoms with Gasteiger partial charge in [0.1, 0.15) is 0 Å². The Hall–Kier alpha value is -2.86. The minimum Gasteiger partial charge on any atom is -0.361 e. The molecule has 134 valence electrons. The first-order valence-electron chi connectivity index (χ1n) is 8.96.